The molecule has 0 bridgehead atoms. The molecule has 1 unspecified atom stereocenters. The van der Waals surface area contributed by atoms with E-state index in [1.807, 2.05) is 0 Å². The maximum atomic E-state index is 13.2. The van der Waals surface area contributed by atoms with Crippen LogP contribution in [0.4, 0.5) is 5.82 Å². The van der Waals surface area contributed by atoms with Gasteiger partial charge in [-0.3, -0.25) is 4.79 Å². The van der Waals surface area contributed by atoms with Crippen molar-refractivity contribution < 1.29 is 18.3 Å². The normalized spacial score (nSPS) is 15.5. The highest BCUT2D eigenvalue weighted by Gasteiger charge is 2.28. The van der Waals surface area contributed by atoms with Gasteiger partial charge in [-0.2, -0.15) is 0 Å². The van der Waals surface area contributed by atoms with E-state index in [1.54, 1.807) is 26.0 Å². The predicted octanol–water partition coefficient (Wildman–Crippen LogP) is 3.96. The third kappa shape index (κ3) is 7.26. The average molecular weight is 490 g/mol. The standard InChI is InChI=1S/C24H28ClN3O4S/c1-24(2,30)11-10-18-14-27-22(15-26-18)28-23(29)19(12-16-6-4-5-7-16)17-8-9-21(20(25)13-17)33(3,31)32/h8-9,13-16,19,30H,4-7,12H2,1-3H3,(H,27,28,29). The van der Waals surface area contributed by atoms with Crippen molar-refractivity contribution in [3.8, 4) is 11.8 Å². The van der Waals surface area contributed by atoms with Crippen LogP contribution in [0.2, 0.25) is 5.02 Å². The molecule has 0 spiro atoms. The van der Waals surface area contributed by atoms with E-state index >= 15 is 0 Å². The van der Waals surface area contributed by atoms with Gasteiger partial charge in [0.05, 0.1) is 28.2 Å². The lowest BCUT2D eigenvalue weighted by Crippen LogP contribution is -2.24. The average Bonchev–Trinajstić information content (AvgIpc) is 3.23. The van der Waals surface area contributed by atoms with Crippen molar-refractivity contribution in [3.05, 3.63) is 46.9 Å². The van der Waals surface area contributed by atoms with E-state index < -0.39 is 21.4 Å². The molecule has 1 aromatic carbocycles. The summed E-state index contributed by atoms with van der Waals surface area (Å²) in [6.07, 6.45) is 9.00. The second-order valence-electron chi connectivity index (χ2n) is 8.99. The summed E-state index contributed by atoms with van der Waals surface area (Å²) < 4.78 is 23.8. The van der Waals surface area contributed by atoms with Gasteiger partial charge in [-0.1, -0.05) is 49.3 Å². The van der Waals surface area contributed by atoms with E-state index in [1.165, 1.54) is 18.5 Å². The molecule has 9 heteroatoms. The van der Waals surface area contributed by atoms with Crippen LogP contribution in [0.25, 0.3) is 0 Å². The molecule has 0 aliphatic heterocycles. The first-order chi connectivity index (χ1) is 15.4. The molecule has 0 radical (unpaired) electrons. The lowest BCUT2D eigenvalue weighted by Gasteiger charge is -2.21. The summed E-state index contributed by atoms with van der Waals surface area (Å²) in [5.41, 5.74) is -0.103. The number of aromatic nitrogens is 2. The number of carbonyl (C=O) groups excluding carboxylic acids is 1. The third-order valence-corrected chi connectivity index (χ3v) is 7.10. The first-order valence-corrected chi connectivity index (χ1v) is 13.1. The Morgan fingerprint density at radius 1 is 1.27 bits per heavy atom. The number of anilines is 1. The molecular weight excluding hydrogens is 462 g/mol. The number of sulfone groups is 1. The Kier molecular flexibility index (Phi) is 7.78. The monoisotopic (exact) mass is 489 g/mol. The highest BCUT2D eigenvalue weighted by molar-refractivity contribution is 7.90. The molecule has 1 fully saturated rings. The zero-order valence-corrected chi connectivity index (χ0v) is 20.5. The Morgan fingerprint density at radius 3 is 2.52 bits per heavy atom. The van der Waals surface area contributed by atoms with Crippen LogP contribution in [0, 0.1) is 17.8 Å². The first-order valence-electron chi connectivity index (χ1n) is 10.8. The van der Waals surface area contributed by atoms with Crippen LogP contribution in [0.5, 0.6) is 0 Å². The van der Waals surface area contributed by atoms with Crippen LogP contribution < -0.4 is 5.32 Å². The number of nitrogens with one attached hydrogen (secondary N) is 1. The quantitative estimate of drug-likeness (QED) is 0.594. The fourth-order valence-electron chi connectivity index (χ4n) is 3.90. The molecule has 176 valence electrons. The number of halogens is 1. The molecule has 1 aliphatic rings. The first kappa shape index (κ1) is 25.2. The third-order valence-electron chi connectivity index (χ3n) is 5.52. The van der Waals surface area contributed by atoms with E-state index in [-0.39, 0.29) is 21.6 Å². The van der Waals surface area contributed by atoms with Crippen LogP contribution in [-0.2, 0) is 14.6 Å². The SMILES string of the molecule is CC(C)(O)C#Cc1cnc(NC(=O)C(CC2CCCC2)c2ccc(S(C)(=O)=O)c(Cl)c2)cn1. The number of amides is 1. The highest BCUT2D eigenvalue weighted by Crippen LogP contribution is 2.36. The van der Waals surface area contributed by atoms with Gasteiger partial charge in [-0.25, -0.2) is 18.4 Å². The highest BCUT2D eigenvalue weighted by atomic mass is 35.5. The van der Waals surface area contributed by atoms with Crippen molar-refractivity contribution in [2.24, 2.45) is 5.92 Å². The Morgan fingerprint density at radius 2 is 1.97 bits per heavy atom. The summed E-state index contributed by atoms with van der Waals surface area (Å²) in [5.74, 6) is 5.33. The van der Waals surface area contributed by atoms with Gasteiger partial charge < -0.3 is 10.4 Å². The maximum absolute atomic E-state index is 13.2. The number of hydrogen-bond acceptors (Lipinski definition) is 6. The fourth-order valence-corrected chi connectivity index (χ4v) is 5.23. The summed E-state index contributed by atoms with van der Waals surface area (Å²) in [4.78, 5) is 21.7. The fraction of sp³-hybridized carbons (Fsp3) is 0.458. The Labute approximate surface area is 199 Å². The summed E-state index contributed by atoms with van der Waals surface area (Å²) in [5, 5.41) is 12.6. The second-order valence-corrected chi connectivity index (χ2v) is 11.4. The Bertz CT molecular complexity index is 1170. The molecule has 7 nitrogen and oxygen atoms in total. The van der Waals surface area contributed by atoms with Gasteiger partial charge >= 0.3 is 0 Å². The molecule has 1 aromatic heterocycles. The maximum Gasteiger partial charge on any atom is 0.233 e. The number of carbonyl (C=O) groups is 1. The topological polar surface area (TPSA) is 109 Å². The molecule has 0 saturated heterocycles. The number of hydrogen-bond donors (Lipinski definition) is 2. The second kappa shape index (κ2) is 10.2. The van der Waals surface area contributed by atoms with Gasteiger partial charge in [-0.15, -0.1) is 0 Å². The number of nitrogens with zero attached hydrogens (tertiary/aromatic N) is 2. The Hall–Kier alpha value is -2.47. The van der Waals surface area contributed by atoms with Gasteiger partial charge in [0.1, 0.15) is 11.3 Å². The van der Waals surface area contributed by atoms with Crippen LogP contribution in [0.3, 0.4) is 0 Å². The molecule has 1 heterocycles. The van der Waals surface area contributed by atoms with Crippen molar-refractivity contribution in [1.29, 1.82) is 0 Å². The lowest BCUT2D eigenvalue weighted by atomic mass is 9.87. The molecule has 1 aliphatic carbocycles. The van der Waals surface area contributed by atoms with Gasteiger partial charge in [0.2, 0.25) is 5.91 Å². The van der Waals surface area contributed by atoms with Gasteiger partial charge in [0.25, 0.3) is 0 Å². The molecule has 1 saturated carbocycles. The molecule has 33 heavy (non-hydrogen) atoms. The lowest BCUT2D eigenvalue weighted by molar-refractivity contribution is -0.118. The van der Waals surface area contributed by atoms with Gasteiger partial charge in [0, 0.05) is 6.26 Å². The van der Waals surface area contributed by atoms with Gasteiger partial charge in [0.15, 0.2) is 15.7 Å². The largest absolute Gasteiger partial charge is 0.378 e. The zero-order chi connectivity index (χ0) is 24.2. The molecular formula is C24H28ClN3O4S. The van der Waals surface area contributed by atoms with Crippen LogP contribution in [0.1, 0.15) is 63.1 Å². The smallest absolute Gasteiger partial charge is 0.233 e. The number of rotatable bonds is 6. The summed E-state index contributed by atoms with van der Waals surface area (Å²) in [6, 6.07) is 4.68. The minimum Gasteiger partial charge on any atom is -0.378 e. The van der Waals surface area contributed by atoms with Crippen molar-refractivity contribution in [2.45, 2.75) is 62.4 Å². The molecule has 2 N–H and O–H groups in total. The van der Waals surface area contributed by atoms with Crippen molar-refractivity contribution >= 4 is 33.2 Å². The van der Waals surface area contributed by atoms with Gasteiger partial charge in [-0.05, 0) is 49.8 Å². The van der Waals surface area contributed by atoms with E-state index in [0.717, 1.165) is 31.9 Å². The van der Waals surface area contributed by atoms with Crippen molar-refractivity contribution in [2.75, 3.05) is 11.6 Å². The van der Waals surface area contributed by atoms with Crippen LogP contribution in [0.15, 0.2) is 35.5 Å². The van der Waals surface area contributed by atoms with Crippen LogP contribution >= 0.6 is 11.6 Å². The van der Waals surface area contributed by atoms with Crippen LogP contribution in [-0.4, -0.2) is 41.3 Å². The minimum atomic E-state index is -3.46. The van der Waals surface area contributed by atoms with Crippen molar-refractivity contribution in [3.63, 3.8) is 0 Å². The molecule has 2 aromatic rings. The van der Waals surface area contributed by atoms with E-state index in [9.17, 15) is 18.3 Å². The van der Waals surface area contributed by atoms with E-state index in [2.05, 4.69) is 27.1 Å². The molecule has 3 rings (SSSR count). The van der Waals surface area contributed by atoms with Crippen molar-refractivity contribution in [1.82, 2.24) is 9.97 Å². The van der Waals surface area contributed by atoms with E-state index in [0.29, 0.717) is 23.6 Å². The molecule has 1 amide bonds. The Balaban J connectivity index is 1.83. The summed E-state index contributed by atoms with van der Waals surface area (Å²) >= 11 is 6.25. The summed E-state index contributed by atoms with van der Waals surface area (Å²) in [7, 11) is -3.46. The zero-order valence-electron chi connectivity index (χ0n) is 18.9. The van der Waals surface area contributed by atoms with E-state index in [4.69, 9.17) is 11.6 Å². The number of aliphatic hydroxyl groups is 1. The summed E-state index contributed by atoms with van der Waals surface area (Å²) in [6.45, 7) is 3.14. The molecule has 1 atom stereocenters. The minimum absolute atomic E-state index is 0.0431. The predicted molar refractivity (Wildman–Crippen MR) is 128 cm³/mol. The number of benzene rings is 1.